The van der Waals surface area contributed by atoms with Gasteiger partial charge in [-0.15, -0.1) is 0 Å². The molecule has 0 aliphatic heterocycles. The second kappa shape index (κ2) is 7.75. The van der Waals surface area contributed by atoms with Crippen molar-refractivity contribution in [2.24, 2.45) is 0 Å². The van der Waals surface area contributed by atoms with Crippen molar-refractivity contribution in [1.82, 2.24) is 10.0 Å². The van der Waals surface area contributed by atoms with Gasteiger partial charge in [-0.2, -0.15) is 0 Å². The van der Waals surface area contributed by atoms with Crippen molar-refractivity contribution in [3.63, 3.8) is 0 Å². The van der Waals surface area contributed by atoms with Crippen molar-refractivity contribution < 1.29 is 17.9 Å². The lowest BCUT2D eigenvalue weighted by Crippen LogP contribution is -2.36. The quantitative estimate of drug-likeness (QED) is 0.799. The van der Waals surface area contributed by atoms with Crippen LogP contribution in [0.15, 0.2) is 59.5 Å². The summed E-state index contributed by atoms with van der Waals surface area (Å²) in [5.74, 6) is 0.162. The Bertz CT molecular complexity index is 743. The minimum Gasteiger partial charge on any atom is -0.497 e. The Labute approximate surface area is 135 Å². The van der Waals surface area contributed by atoms with Crippen LogP contribution in [-0.4, -0.2) is 28.0 Å². The van der Waals surface area contributed by atoms with Crippen LogP contribution < -0.4 is 14.8 Å². The van der Waals surface area contributed by atoms with Gasteiger partial charge >= 0.3 is 0 Å². The van der Waals surface area contributed by atoms with E-state index in [2.05, 4.69) is 10.0 Å². The molecule has 0 saturated heterocycles. The molecule has 2 aromatic carbocycles. The fourth-order valence-electron chi connectivity index (χ4n) is 1.86. The highest BCUT2D eigenvalue weighted by molar-refractivity contribution is 7.89. The average Bonchev–Trinajstić information content (AvgIpc) is 2.59. The number of carbonyl (C=O) groups is 1. The minimum atomic E-state index is -3.73. The van der Waals surface area contributed by atoms with E-state index in [1.165, 1.54) is 19.2 Å². The van der Waals surface area contributed by atoms with Crippen LogP contribution in [-0.2, 0) is 21.4 Å². The van der Waals surface area contributed by atoms with Crippen LogP contribution in [0.25, 0.3) is 0 Å². The topological polar surface area (TPSA) is 84.5 Å². The van der Waals surface area contributed by atoms with E-state index in [1.54, 1.807) is 12.1 Å². The predicted molar refractivity (Wildman–Crippen MR) is 86.5 cm³/mol. The highest BCUT2D eigenvalue weighted by Crippen LogP contribution is 2.14. The molecule has 2 rings (SSSR count). The Morgan fingerprint density at radius 2 is 1.70 bits per heavy atom. The summed E-state index contributed by atoms with van der Waals surface area (Å²) in [6.45, 7) is 0.0329. The number of hydrogen-bond acceptors (Lipinski definition) is 4. The van der Waals surface area contributed by atoms with E-state index >= 15 is 0 Å². The third kappa shape index (κ3) is 5.08. The van der Waals surface area contributed by atoms with E-state index in [1.807, 2.05) is 30.3 Å². The molecular weight excluding hydrogens is 316 g/mol. The third-order valence-electron chi connectivity index (χ3n) is 3.12. The zero-order valence-corrected chi connectivity index (χ0v) is 13.5. The third-order valence-corrected chi connectivity index (χ3v) is 4.54. The van der Waals surface area contributed by atoms with Crippen LogP contribution in [0, 0.1) is 0 Å². The van der Waals surface area contributed by atoms with Crippen LogP contribution >= 0.6 is 0 Å². The van der Waals surface area contributed by atoms with Crippen molar-refractivity contribution in [3.8, 4) is 5.75 Å². The van der Waals surface area contributed by atoms with Gasteiger partial charge in [-0.25, -0.2) is 13.1 Å². The fraction of sp³-hybridized carbons (Fsp3) is 0.188. The monoisotopic (exact) mass is 334 g/mol. The van der Waals surface area contributed by atoms with Crippen molar-refractivity contribution in [2.45, 2.75) is 11.4 Å². The normalized spacial score (nSPS) is 11.0. The first-order chi connectivity index (χ1) is 11.0. The molecule has 0 heterocycles. The number of rotatable bonds is 7. The molecule has 0 unspecified atom stereocenters. The number of nitrogens with one attached hydrogen (secondary N) is 2. The van der Waals surface area contributed by atoms with Gasteiger partial charge in [0.15, 0.2) is 0 Å². The Hall–Kier alpha value is -2.38. The molecule has 1 amide bonds. The number of sulfonamides is 1. The fourth-order valence-corrected chi connectivity index (χ4v) is 2.84. The van der Waals surface area contributed by atoms with E-state index in [9.17, 15) is 13.2 Å². The van der Waals surface area contributed by atoms with Crippen molar-refractivity contribution in [1.29, 1.82) is 0 Å². The minimum absolute atomic E-state index is 0.0779. The molecule has 122 valence electrons. The van der Waals surface area contributed by atoms with Crippen LogP contribution in [0.5, 0.6) is 5.75 Å². The molecule has 0 fully saturated rings. The number of hydrogen-bond donors (Lipinski definition) is 2. The molecule has 0 aliphatic carbocycles. The van der Waals surface area contributed by atoms with Crippen molar-refractivity contribution in [2.75, 3.05) is 13.7 Å². The van der Waals surface area contributed by atoms with Gasteiger partial charge in [0.1, 0.15) is 5.75 Å². The maximum atomic E-state index is 12.1. The van der Waals surface area contributed by atoms with Gasteiger partial charge < -0.3 is 10.1 Å². The molecule has 23 heavy (non-hydrogen) atoms. The van der Waals surface area contributed by atoms with Crippen molar-refractivity contribution in [3.05, 3.63) is 60.2 Å². The van der Waals surface area contributed by atoms with Crippen LogP contribution in [0.1, 0.15) is 5.56 Å². The lowest BCUT2D eigenvalue weighted by atomic mass is 10.2. The Morgan fingerprint density at radius 1 is 1.04 bits per heavy atom. The largest absolute Gasteiger partial charge is 0.497 e. The number of carbonyl (C=O) groups excluding carboxylic acids is 1. The molecule has 7 heteroatoms. The summed E-state index contributed by atoms with van der Waals surface area (Å²) in [5, 5.41) is 2.66. The molecule has 0 radical (unpaired) electrons. The van der Waals surface area contributed by atoms with E-state index < -0.39 is 15.9 Å². The number of amides is 1. The van der Waals surface area contributed by atoms with Gasteiger partial charge in [0.2, 0.25) is 15.9 Å². The molecule has 0 atom stereocenters. The Balaban J connectivity index is 1.87. The summed E-state index contributed by atoms with van der Waals surface area (Å²) >= 11 is 0. The molecule has 2 aromatic rings. The highest BCUT2D eigenvalue weighted by atomic mass is 32.2. The SMILES string of the molecule is COc1ccc(S(=O)(=O)NCC(=O)NCc2ccccc2)cc1. The van der Waals surface area contributed by atoms with E-state index in [0.717, 1.165) is 5.56 Å². The number of methoxy groups -OCH3 is 1. The Morgan fingerprint density at radius 3 is 2.30 bits per heavy atom. The zero-order chi connectivity index (χ0) is 16.7. The summed E-state index contributed by atoms with van der Waals surface area (Å²) in [7, 11) is -2.23. The second-order valence-electron chi connectivity index (χ2n) is 4.76. The summed E-state index contributed by atoms with van der Waals surface area (Å²) < 4.78 is 31.4. The maximum Gasteiger partial charge on any atom is 0.241 e. The lowest BCUT2D eigenvalue weighted by Gasteiger charge is -2.08. The summed E-state index contributed by atoms with van der Waals surface area (Å²) in [6, 6.07) is 15.3. The Kier molecular flexibility index (Phi) is 5.72. The molecule has 2 N–H and O–H groups in total. The van der Waals surface area contributed by atoms with Gasteiger partial charge in [-0.1, -0.05) is 30.3 Å². The smallest absolute Gasteiger partial charge is 0.241 e. The van der Waals surface area contributed by atoms with Gasteiger partial charge in [-0.05, 0) is 29.8 Å². The molecule has 0 aromatic heterocycles. The van der Waals surface area contributed by atoms with Gasteiger partial charge in [-0.3, -0.25) is 4.79 Å². The first-order valence-electron chi connectivity index (χ1n) is 6.95. The molecule has 0 spiro atoms. The highest BCUT2D eigenvalue weighted by Gasteiger charge is 2.15. The van der Waals surface area contributed by atoms with Gasteiger partial charge in [0.05, 0.1) is 18.6 Å². The second-order valence-corrected chi connectivity index (χ2v) is 6.53. The van der Waals surface area contributed by atoms with E-state index in [0.29, 0.717) is 12.3 Å². The van der Waals surface area contributed by atoms with Crippen LogP contribution in [0.4, 0.5) is 0 Å². The summed E-state index contributed by atoms with van der Waals surface area (Å²) in [4.78, 5) is 11.8. The molecule has 6 nitrogen and oxygen atoms in total. The van der Waals surface area contributed by atoms with Gasteiger partial charge in [0.25, 0.3) is 0 Å². The summed E-state index contributed by atoms with van der Waals surface area (Å²) in [5.41, 5.74) is 0.943. The zero-order valence-electron chi connectivity index (χ0n) is 12.7. The van der Waals surface area contributed by atoms with Gasteiger partial charge in [0, 0.05) is 6.54 Å². The standard InChI is InChI=1S/C16H18N2O4S/c1-22-14-7-9-15(10-8-14)23(20,21)18-12-16(19)17-11-13-5-3-2-4-6-13/h2-10,18H,11-12H2,1H3,(H,17,19). The first kappa shape index (κ1) is 17.0. The molecule has 0 saturated carbocycles. The van der Waals surface area contributed by atoms with Crippen LogP contribution in [0.3, 0.4) is 0 Å². The molecular formula is C16H18N2O4S. The number of ether oxygens (including phenoxy) is 1. The maximum absolute atomic E-state index is 12.1. The first-order valence-corrected chi connectivity index (χ1v) is 8.44. The number of benzene rings is 2. The van der Waals surface area contributed by atoms with Crippen molar-refractivity contribution >= 4 is 15.9 Å². The molecule has 0 aliphatic rings. The molecule has 0 bridgehead atoms. The summed E-state index contributed by atoms with van der Waals surface area (Å²) in [6.07, 6.45) is 0. The average molecular weight is 334 g/mol. The lowest BCUT2D eigenvalue weighted by molar-refractivity contribution is -0.120. The van der Waals surface area contributed by atoms with E-state index in [4.69, 9.17) is 4.74 Å². The van der Waals surface area contributed by atoms with Crippen LogP contribution in [0.2, 0.25) is 0 Å². The predicted octanol–water partition coefficient (Wildman–Crippen LogP) is 1.29. The van der Waals surface area contributed by atoms with E-state index in [-0.39, 0.29) is 11.4 Å².